The zero-order valence-corrected chi connectivity index (χ0v) is 15.3. The molecule has 20 heavy (non-hydrogen) atoms. The highest BCUT2D eigenvalue weighted by atomic mass is 15.1. The average molecular weight is 284 g/mol. The summed E-state index contributed by atoms with van der Waals surface area (Å²) in [5.41, 5.74) is 0. The van der Waals surface area contributed by atoms with E-state index in [1.54, 1.807) is 0 Å². The van der Waals surface area contributed by atoms with Crippen molar-refractivity contribution in [1.29, 1.82) is 0 Å². The molecule has 0 radical (unpaired) electrons. The van der Waals surface area contributed by atoms with Gasteiger partial charge in [0.2, 0.25) is 0 Å². The summed E-state index contributed by atoms with van der Waals surface area (Å²) in [5.74, 6) is 1.77. The van der Waals surface area contributed by atoms with Gasteiger partial charge in [-0.05, 0) is 51.1 Å². The average Bonchev–Trinajstić information content (AvgIpc) is 2.37. The molecule has 0 bridgehead atoms. The fourth-order valence-electron chi connectivity index (χ4n) is 3.19. The fraction of sp³-hybridized carbons (Fsp3) is 1.00. The summed E-state index contributed by atoms with van der Waals surface area (Å²) in [6, 6.07) is 0.820. The molecule has 0 saturated heterocycles. The SMILES string of the molecule is CCCC(C)CCCC(CCC)N(C)CCCC(C)C. The summed E-state index contributed by atoms with van der Waals surface area (Å²) < 4.78 is 0. The maximum atomic E-state index is 2.64. The van der Waals surface area contributed by atoms with E-state index >= 15 is 0 Å². The lowest BCUT2D eigenvalue weighted by atomic mass is 9.95. The monoisotopic (exact) mass is 283 g/mol. The molecule has 0 aromatic rings. The molecule has 0 aliphatic rings. The van der Waals surface area contributed by atoms with Crippen LogP contribution in [0.5, 0.6) is 0 Å². The Morgan fingerprint density at radius 2 is 1.40 bits per heavy atom. The third kappa shape index (κ3) is 10.7. The fourth-order valence-corrected chi connectivity index (χ4v) is 3.19. The van der Waals surface area contributed by atoms with E-state index in [1.165, 1.54) is 64.3 Å². The van der Waals surface area contributed by atoms with E-state index in [9.17, 15) is 0 Å². The Hall–Kier alpha value is -0.0400. The van der Waals surface area contributed by atoms with Crippen molar-refractivity contribution in [3.05, 3.63) is 0 Å². The van der Waals surface area contributed by atoms with Gasteiger partial charge >= 0.3 is 0 Å². The van der Waals surface area contributed by atoms with Gasteiger partial charge in [0.25, 0.3) is 0 Å². The third-order valence-electron chi connectivity index (χ3n) is 4.55. The maximum absolute atomic E-state index is 2.64. The predicted molar refractivity (Wildman–Crippen MR) is 93.3 cm³/mol. The smallest absolute Gasteiger partial charge is 0.00921 e. The Kier molecular flexibility index (Phi) is 12.7. The molecule has 1 nitrogen and oxygen atoms in total. The first-order valence-corrected chi connectivity index (χ1v) is 9.21. The van der Waals surface area contributed by atoms with Crippen LogP contribution in [0.1, 0.15) is 92.4 Å². The minimum atomic E-state index is 0.820. The second kappa shape index (κ2) is 12.7. The van der Waals surface area contributed by atoms with Gasteiger partial charge < -0.3 is 4.90 Å². The highest BCUT2D eigenvalue weighted by Gasteiger charge is 2.14. The zero-order valence-electron chi connectivity index (χ0n) is 15.3. The van der Waals surface area contributed by atoms with Gasteiger partial charge in [0.1, 0.15) is 0 Å². The van der Waals surface area contributed by atoms with E-state index in [0.717, 1.165) is 17.9 Å². The summed E-state index contributed by atoms with van der Waals surface area (Å²) in [4.78, 5) is 2.64. The molecule has 2 unspecified atom stereocenters. The van der Waals surface area contributed by atoms with Gasteiger partial charge in [-0.15, -0.1) is 0 Å². The summed E-state index contributed by atoms with van der Waals surface area (Å²) >= 11 is 0. The van der Waals surface area contributed by atoms with Gasteiger partial charge in [-0.2, -0.15) is 0 Å². The van der Waals surface area contributed by atoms with Crippen LogP contribution in [-0.2, 0) is 0 Å². The first kappa shape index (κ1) is 20.0. The van der Waals surface area contributed by atoms with Gasteiger partial charge in [-0.25, -0.2) is 0 Å². The summed E-state index contributed by atoms with van der Waals surface area (Å²) in [6.45, 7) is 13.0. The minimum absolute atomic E-state index is 0.820. The standard InChI is InChI=1S/C19H41N/c1-7-11-18(5)14-9-15-19(12-8-2)20(6)16-10-13-17(3)4/h17-19H,7-16H2,1-6H3. The topological polar surface area (TPSA) is 3.24 Å². The highest BCUT2D eigenvalue weighted by molar-refractivity contribution is 4.69. The maximum Gasteiger partial charge on any atom is 0.00921 e. The Morgan fingerprint density at radius 3 is 1.95 bits per heavy atom. The van der Waals surface area contributed by atoms with Gasteiger partial charge in [-0.1, -0.05) is 66.7 Å². The van der Waals surface area contributed by atoms with Crippen LogP contribution >= 0.6 is 0 Å². The van der Waals surface area contributed by atoms with Gasteiger partial charge in [-0.3, -0.25) is 0 Å². The van der Waals surface area contributed by atoms with E-state index in [4.69, 9.17) is 0 Å². The highest BCUT2D eigenvalue weighted by Crippen LogP contribution is 2.19. The van der Waals surface area contributed by atoms with Crippen molar-refractivity contribution in [1.82, 2.24) is 4.90 Å². The van der Waals surface area contributed by atoms with Gasteiger partial charge in [0, 0.05) is 6.04 Å². The first-order chi connectivity index (χ1) is 9.51. The molecule has 0 aliphatic heterocycles. The molecule has 0 fully saturated rings. The molecule has 0 saturated carbocycles. The Morgan fingerprint density at radius 1 is 0.750 bits per heavy atom. The van der Waals surface area contributed by atoms with E-state index in [1.807, 2.05) is 0 Å². The molecule has 0 aliphatic carbocycles. The molecule has 1 heteroatoms. The molecular formula is C19H41N. The van der Waals surface area contributed by atoms with Crippen molar-refractivity contribution in [2.45, 2.75) is 98.4 Å². The second-order valence-corrected chi connectivity index (χ2v) is 7.28. The van der Waals surface area contributed by atoms with Crippen molar-refractivity contribution < 1.29 is 0 Å². The number of hydrogen-bond acceptors (Lipinski definition) is 1. The van der Waals surface area contributed by atoms with Crippen molar-refractivity contribution >= 4 is 0 Å². The van der Waals surface area contributed by atoms with Crippen LogP contribution in [0.15, 0.2) is 0 Å². The second-order valence-electron chi connectivity index (χ2n) is 7.28. The van der Waals surface area contributed by atoms with Crippen LogP contribution in [-0.4, -0.2) is 24.5 Å². The normalized spacial score (nSPS) is 15.0. The summed E-state index contributed by atoms with van der Waals surface area (Å²) in [6.07, 6.45) is 12.4. The summed E-state index contributed by atoms with van der Waals surface area (Å²) in [7, 11) is 2.34. The Labute approximate surface area is 129 Å². The molecule has 122 valence electrons. The van der Waals surface area contributed by atoms with Crippen molar-refractivity contribution in [3.8, 4) is 0 Å². The minimum Gasteiger partial charge on any atom is -0.303 e. The molecule has 0 aromatic heterocycles. The molecule has 2 atom stereocenters. The number of hydrogen-bond donors (Lipinski definition) is 0. The van der Waals surface area contributed by atoms with Crippen LogP contribution < -0.4 is 0 Å². The van der Waals surface area contributed by atoms with Crippen LogP contribution in [0, 0.1) is 11.8 Å². The van der Waals surface area contributed by atoms with Gasteiger partial charge in [0.05, 0.1) is 0 Å². The van der Waals surface area contributed by atoms with Crippen LogP contribution in [0.2, 0.25) is 0 Å². The Balaban J connectivity index is 3.94. The van der Waals surface area contributed by atoms with Crippen molar-refractivity contribution in [3.63, 3.8) is 0 Å². The molecule has 0 aromatic carbocycles. The lowest BCUT2D eigenvalue weighted by molar-refractivity contribution is 0.204. The van der Waals surface area contributed by atoms with Crippen molar-refractivity contribution in [2.24, 2.45) is 11.8 Å². The van der Waals surface area contributed by atoms with Crippen LogP contribution in [0.4, 0.5) is 0 Å². The van der Waals surface area contributed by atoms with Gasteiger partial charge in [0.15, 0.2) is 0 Å². The quantitative estimate of drug-likeness (QED) is 0.393. The van der Waals surface area contributed by atoms with Crippen LogP contribution in [0.25, 0.3) is 0 Å². The predicted octanol–water partition coefficient (Wildman–Crippen LogP) is 6.13. The Bertz CT molecular complexity index is 200. The summed E-state index contributed by atoms with van der Waals surface area (Å²) in [5, 5.41) is 0. The molecular weight excluding hydrogens is 242 g/mol. The lowest BCUT2D eigenvalue weighted by Crippen LogP contribution is -2.32. The van der Waals surface area contributed by atoms with E-state index < -0.39 is 0 Å². The number of rotatable bonds is 13. The number of nitrogens with zero attached hydrogens (tertiary/aromatic N) is 1. The zero-order chi connectivity index (χ0) is 15.4. The van der Waals surface area contributed by atoms with E-state index in [2.05, 4.69) is 46.6 Å². The molecule has 0 heterocycles. The molecule has 0 N–H and O–H groups in total. The molecule has 0 rings (SSSR count). The van der Waals surface area contributed by atoms with Crippen LogP contribution in [0.3, 0.4) is 0 Å². The molecule has 0 spiro atoms. The first-order valence-electron chi connectivity index (χ1n) is 9.21. The van der Waals surface area contributed by atoms with Crippen molar-refractivity contribution in [2.75, 3.05) is 13.6 Å². The largest absolute Gasteiger partial charge is 0.303 e. The van der Waals surface area contributed by atoms with E-state index in [-0.39, 0.29) is 0 Å². The lowest BCUT2D eigenvalue weighted by Gasteiger charge is -2.28. The molecule has 0 amide bonds. The van der Waals surface area contributed by atoms with E-state index in [0.29, 0.717) is 0 Å². The third-order valence-corrected chi connectivity index (χ3v) is 4.55.